The van der Waals surface area contributed by atoms with Crippen molar-refractivity contribution >= 4 is 28.9 Å². The lowest BCUT2D eigenvalue weighted by atomic mass is 10.1. The van der Waals surface area contributed by atoms with Crippen molar-refractivity contribution in [2.75, 3.05) is 30.5 Å². The molecule has 3 N–H and O–H groups in total. The van der Waals surface area contributed by atoms with Crippen LogP contribution in [-0.2, 0) is 13.1 Å². The molecular weight excluding hydrogens is 454 g/mol. The predicted molar refractivity (Wildman–Crippen MR) is 132 cm³/mol. The number of halogens is 1. The quantitative estimate of drug-likeness (QED) is 0.429. The lowest BCUT2D eigenvalue weighted by Gasteiger charge is -2.26. The molecule has 9 heteroatoms. The van der Waals surface area contributed by atoms with E-state index in [-0.39, 0.29) is 25.1 Å². The summed E-state index contributed by atoms with van der Waals surface area (Å²) in [5, 5.41) is 16.6. The van der Waals surface area contributed by atoms with Crippen molar-refractivity contribution in [3.63, 3.8) is 0 Å². The van der Waals surface area contributed by atoms with Crippen LogP contribution < -0.4 is 20.3 Å². The zero-order valence-corrected chi connectivity index (χ0v) is 19.8. The van der Waals surface area contributed by atoms with Gasteiger partial charge in [-0.2, -0.15) is 0 Å². The molecule has 34 heavy (non-hydrogen) atoms. The summed E-state index contributed by atoms with van der Waals surface area (Å²) in [4.78, 5) is 23.5. The van der Waals surface area contributed by atoms with Crippen molar-refractivity contribution in [2.24, 2.45) is 0 Å². The summed E-state index contributed by atoms with van der Waals surface area (Å²) in [6, 6.07) is 13.1. The van der Waals surface area contributed by atoms with Gasteiger partial charge in [-0.25, -0.2) is 9.97 Å². The molecule has 1 aliphatic heterocycles. The molecule has 2 heterocycles. The first-order valence-corrected chi connectivity index (χ1v) is 11.6. The summed E-state index contributed by atoms with van der Waals surface area (Å²) >= 11 is 6.28. The van der Waals surface area contributed by atoms with Crippen molar-refractivity contribution in [1.29, 1.82) is 0 Å². The van der Waals surface area contributed by atoms with Crippen molar-refractivity contribution < 1.29 is 14.6 Å². The predicted octanol–water partition coefficient (Wildman–Crippen LogP) is 3.64. The van der Waals surface area contributed by atoms with E-state index in [0.29, 0.717) is 34.4 Å². The number of amides is 1. The second kappa shape index (κ2) is 11.2. The van der Waals surface area contributed by atoms with E-state index in [2.05, 4.69) is 25.5 Å². The van der Waals surface area contributed by atoms with E-state index in [1.807, 2.05) is 36.4 Å². The van der Waals surface area contributed by atoms with E-state index in [1.54, 1.807) is 25.6 Å². The van der Waals surface area contributed by atoms with Gasteiger partial charge in [0.2, 0.25) is 0 Å². The fourth-order valence-corrected chi connectivity index (χ4v) is 4.39. The van der Waals surface area contributed by atoms with Gasteiger partial charge in [-0.05, 0) is 54.8 Å². The van der Waals surface area contributed by atoms with Crippen LogP contribution in [0.4, 0.5) is 11.4 Å². The minimum absolute atomic E-state index is 0.0863. The largest absolute Gasteiger partial charge is 0.495 e. The monoisotopic (exact) mass is 481 g/mol. The molecule has 1 unspecified atom stereocenters. The first-order chi connectivity index (χ1) is 16.6. The Balaban J connectivity index is 1.56. The first kappa shape index (κ1) is 23.8. The molecule has 0 spiro atoms. The van der Waals surface area contributed by atoms with Crippen LogP contribution in [0.1, 0.15) is 34.6 Å². The number of nitrogens with zero attached hydrogens (tertiary/aromatic N) is 3. The van der Waals surface area contributed by atoms with Crippen LogP contribution in [0, 0.1) is 0 Å². The van der Waals surface area contributed by atoms with Crippen molar-refractivity contribution in [3.05, 3.63) is 76.8 Å². The number of carbonyl (C=O) groups is 1. The number of anilines is 2. The van der Waals surface area contributed by atoms with Crippen LogP contribution in [0.25, 0.3) is 0 Å². The fourth-order valence-electron chi connectivity index (χ4n) is 4.11. The van der Waals surface area contributed by atoms with E-state index in [4.69, 9.17) is 16.3 Å². The van der Waals surface area contributed by atoms with Gasteiger partial charge in [0.15, 0.2) is 0 Å². The van der Waals surface area contributed by atoms with Gasteiger partial charge in [0.1, 0.15) is 11.6 Å². The van der Waals surface area contributed by atoms with Gasteiger partial charge in [0, 0.05) is 36.9 Å². The van der Waals surface area contributed by atoms with Crippen molar-refractivity contribution in [2.45, 2.75) is 32.0 Å². The van der Waals surface area contributed by atoms with Crippen LogP contribution in [0.3, 0.4) is 0 Å². The Bertz CT molecular complexity index is 1130. The maximum Gasteiger partial charge on any atom is 0.253 e. The van der Waals surface area contributed by atoms with Crippen molar-refractivity contribution in [1.82, 2.24) is 15.3 Å². The zero-order valence-electron chi connectivity index (χ0n) is 19.0. The normalized spacial score (nSPS) is 15.3. The van der Waals surface area contributed by atoms with Gasteiger partial charge in [-0.1, -0.05) is 17.7 Å². The molecule has 0 bridgehead atoms. The average Bonchev–Trinajstić information content (AvgIpc) is 3.35. The second-order valence-corrected chi connectivity index (χ2v) is 8.48. The smallest absolute Gasteiger partial charge is 0.253 e. The third-order valence-electron chi connectivity index (χ3n) is 5.89. The summed E-state index contributed by atoms with van der Waals surface area (Å²) in [7, 11) is 1.58. The van der Waals surface area contributed by atoms with Crippen molar-refractivity contribution in [3.8, 4) is 5.75 Å². The molecule has 4 rings (SSSR count). The van der Waals surface area contributed by atoms with Gasteiger partial charge in [-0.3, -0.25) is 4.79 Å². The Labute approximate surface area is 203 Å². The molecule has 1 aliphatic rings. The highest BCUT2D eigenvalue weighted by Crippen LogP contribution is 2.31. The fraction of sp³-hybridized carbons (Fsp3) is 0.320. The maximum absolute atomic E-state index is 13.0. The second-order valence-electron chi connectivity index (χ2n) is 8.07. The van der Waals surface area contributed by atoms with Crippen LogP contribution >= 0.6 is 11.6 Å². The van der Waals surface area contributed by atoms with Crippen LogP contribution in [-0.4, -0.2) is 47.3 Å². The molecule has 2 aromatic carbocycles. The molecule has 3 aromatic rings. The van der Waals surface area contributed by atoms with Gasteiger partial charge in [-0.15, -0.1) is 0 Å². The summed E-state index contributed by atoms with van der Waals surface area (Å²) in [5.74, 6) is 0.923. The minimum Gasteiger partial charge on any atom is -0.495 e. The summed E-state index contributed by atoms with van der Waals surface area (Å²) in [6.07, 6.45) is 5.26. The number of hydrogen-bond donors (Lipinski definition) is 3. The Morgan fingerprint density at radius 2 is 2.03 bits per heavy atom. The third kappa shape index (κ3) is 5.58. The van der Waals surface area contributed by atoms with Gasteiger partial charge in [0.05, 0.1) is 36.9 Å². The Kier molecular flexibility index (Phi) is 7.82. The van der Waals surface area contributed by atoms with Crippen LogP contribution in [0.15, 0.2) is 54.9 Å². The van der Waals surface area contributed by atoms with Crippen LogP contribution in [0.2, 0.25) is 5.02 Å². The number of hydrogen-bond acceptors (Lipinski definition) is 7. The topological polar surface area (TPSA) is 99.6 Å². The van der Waals surface area contributed by atoms with E-state index in [1.165, 1.54) is 0 Å². The Morgan fingerprint density at radius 3 is 2.76 bits per heavy atom. The molecule has 1 aromatic heterocycles. The number of aliphatic hydroxyl groups excluding tert-OH is 1. The molecule has 0 radical (unpaired) electrons. The van der Waals surface area contributed by atoms with E-state index >= 15 is 0 Å². The lowest BCUT2D eigenvalue weighted by Crippen LogP contribution is -2.32. The molecule has 1 saturated heterocycles. The number of nitrogens with one attached hydrogen (secondary N) is 2. The molecular formula is C25H28ClN5O3. The van der Waals surface area contributed by atoms with Gasteiger partial charge in [0.25, 0.3) is 5.91 Å². The Hall–Kier alpha value is -3.36. The van der Waals surface area contributed by atoms with E-state index in [9.17, 15) is 9.90 Å². The van der Waals surface area contributed by atoms with Gasteiger partial charge >= 0.3 is 0 Å². The van der Waals surface area contributed by atoms with Gasteiger partial charge < -0.3 is 25.4 Å². The first-order valence-electron chi connectivity index (χ1n) is 11.2. The summed E-state index contributed by atoms with van der Waals surface area (Å²) in [5.41, 5.74) is 3.13. The number of aliphatic hydroxyl groups is 1. The zero-order chi connectivity index (χ0) is 23.9. The number of carbonyl (C=O) groups excluding carboxylic acids is 1. The summed E-state index contributed by atoms with van der Waals surface area (Å²) < 4.78 is 5.23. The average molecular weight is 482 g/mol. The number of rotatable bonds is 9. The SMILES string of the molecule is COc1ccc(CNc2cc(N3CCCC3CO)ccc2C(=O)NCc2ncccn2)cc1Cl. The van der Waals surface area contributed by atoms with Crippen LogP contribution in [0.5, 0.6) is 5.75 Å². The molecule has 178 valence electrons. The maximum atomic E-state index is 13.0. The molecule has 0 aliphatic carbocycles. The number of ether oxygens (including phenoxy) is 1. The molecule has 1 amide bonds. The highest BCUT2D eigenvalue weighted by Gasteiger charge is 2.25. The highest BCUT2D eigenvalue weighted by atomic mass is 35.5. The molecule has 0 saturated carbocycles. The Morgan fingerprint density at radius 1 is 1.21 bits per heavy atom. The minimum atomic E-state index is -0.227. The van der Waals surface area contributed by atoms with E-state index in [0.717, 1.165) is 30.6 Å². The lowest BCUT2D eigenvalue weighted by molar-refractivity contribution is 0.0950. The highest BCUT2D eigenvalue weighted by molar-refractivity contribution is 6.32. The van der Waals surface area contributed by atoms with E-state index < -0.39 is 0 Å². The number of methoxy groups -OCH3 is 1. The number of aromatic nitrogens is 2. The molecule has 8 nitrogen and oxygen atoms in total. The number of benzene rings is 2. The third-order valence-corrected chi connectivity index (χ3v) is 6.19. The standard InChI is InChI=1S/C25H28ClN5O3/c1-34-23-8-5-17(12-21(23)26)14-29-22-13-18(31-11-2-4-19(31)16-32)6-7-20(22)25(33)30-15-24-27-9-3-10-28-24/h3,5-10,12-13,19,29,32H,2,4,11,14-16H2,1H3,(H,30,33). The molecule has 1 atom stereocenters. The molecule has 1 fully saturated rings. The summed E-state index contributed by atoms with van der Waals surface area (Å²) in [6.45, 7) is 1.68.